The van der Waals surface area contributed by atoms with Crippen molar-refractivity contribution in [2.75, 3.05) is 11.9 Å². The summed E-state index contributed by atoms with van der Waals surface area (Å²) in [6.45, 7) is 7.93. The van der Waals surface area contributed by atoms with Gasteiger partial charge >= 0.3 is 6.03 Å². The van der Waals surface area contributed by atoms with Gasteiger partial charge in [0, 0.05) is 33.5 Å². The maximum Gasteiger partial charge on any atom is 0.319 e. The van der Waals surface area contributed by atoms with Gasteiger partial charge in [-0.2, -0.15) is 0 Å². The number of rotatable bonds is 6. The molecule has 1 rings (SSSR count). The van der Waals surface area contributed by atoms with Crippen LogP contribution in [0.2, 0.25) is 0 Å². The predicted molar refractivity (Wildman–Crippen MR) is 91.4 cm³/mol. The first-order valence-electron chi connectivity index (χ1n) is 7.39. The Balaban J connectivity index is 2.57. The normalized spacial score (nSPS) is 14.2. The Morgan fingerprint density at radius 1 is 1.36 bits per heavy atom. The van der Waals surface area contributed by atoms with Crippen molar-refractivity contribution in [1.82, 2.24) is 5.32 Å². The fourth-order valence-corrected chi connectivity index (χ4v) is 2.59. The zero-order chi connectivity index (χ0) is 16.8. The Morgan fingerprint density at radius 3 is 2.64 bits per heavy atom. The lowest BCUT2D eigenvalue weighted by Crippen LogP contribution is -2.30. The lowest BCUT2D eigenvalue weighted by Gasteiger charge is -2.18. The fourth-order valence-electron chi connectivity index (χ4n) is 1.68. The van der Waals surface area contributed by atoms with Crippen molar-refractivity contribution in [1.29, 1.82) is 0 Å². The molecule has 2 atom stereocenters. The van der Waals surface area contributed by atoms with Gasteiger partial charge < -0.3 is 15.7 Å². The summed E-state index contributed by atoms with van der Waals surface area (Å²) in [5, 5.41) is 14.6. The van der Waals surface area contributed by atoms with Crippen molar-refractivity contribution in [2.24, 2.45) is 0 Å². The van der Waals surface area contributed by atoms with Crippen LogP contribution in [0.25, 0.3) is 0 Å². The molecule has 0 aromatic heterocycles. The van der Waals surface area contributed by atoms with Crippen LogP contribution in [0.1, 0.15) is 39.7 Å². The molecular formula is C16H26N2O3S. The van der Waals surface area contributed by atoms with Crippen molar-refractivity contribution in [3.63, 3.8) is 0 Å². The molecule has 0 saturated carbocycles. The summed E-state index contributed by atoms with van der Waals surface area (Å²) in [6, 6.07) is 7.05. The van der Waals surface area contributed by atoms with E-state index in [0.717, 1.165) is 5.56 Å². The van der Waals surface area contributed by atoms with Crippen molar-refractivity contribution in [2.45, 2.75) is 50.7 Å². The van der Waals surface area contributed by atoms with Gasteiger partial charge in [0.05, 0.1) is 6.10 Å². The zero-order valence-electron chi connectivity index (χ0n) is 13.7. The van der Waals surface area contributed by atoms with E-state index in [1.54, 1.807) is 13.0 Å². The van der Waals surface area contributed by atoms with Gasteiger partial charge in [0.2, 0.25) is 0 Å². The first-order valence-corrected chi connectivity index (χ1v) is 8.70. The third-order valence-electron chi connectivity index (χ3n) is 3.01. The average molecular weight is 326 g/mol. The Hall–Kier alpha value is -1.40. The number of hydrogen-bond acceptors (Lipinski definition) is 3. The number of urea groups is 1. The molecule has 0 saturated heterocycles. The van der Waals surface area contributed by atoms with Crippen molar-refractivity contribution in [3.8, 4) is 0 Å². The smallest absolute Gasteiger partial charge is 0.319 e. The minimum absolute atomic E-state index is 0.262. The van der Waals surface area contributed by atoms with E-state index in [4.69, 9.17) is 5.11 Å². The van der Waals surface area contributed by atoms with E-state index in [2.05, 4.69) is 10.6 Å². The molecule has 0 aliphatic heterocycles. The molecule has 0 spiro atoms. The summed E-state index contributed by atoms with van der Waals surface area (Å²) in [5.41, 5.74) is 1.59. The third kappa shape index (κ3) is 7.04. The van der Waals surface area contributed by atoms with E-state index in [1.165, 1.54) is 0 Å². The molecule has 3 N–H and O–H groups in total. The van der Waals surface area contributed by atoms with Gasteiger partial charge in [0.1, 0.15) is 0 Å². The van der Waals surface area contributed by atoms with Crippen LogP contribution in [0.4, 0.5) is 10.5 Å². The van der Waals surface area contributed by atoms with E-state index in [-0.39, 0.29) is 10.8 Å². The van der Waals surface area contributed by atoms with Crippen molar-refractivity contribution < 1.29 is 14.1 Å². The highest BCUT2D eigenvalue weighted by molar-refractivity contribution is 7.85. The molecule has 1 aromatic rings. The maximum atomic E-state index is 12.2. The fraction of sp³-hybridized carbons (Fsp3) is 0.562. The molecule has 0 bridgehead atoms. The number of anilines is 1. The highest BCUT2D eigenvalue weighted by Gasteiger charge is 2.19. The number of carbonyl (C=O) groups is 1. The van der Waals surface area contributed by atoms with E-state index >= 15 is 0 Å². The lowest BCUT2D eigenvalue weighted by molar-refractivity contribution is 0.184. The second-order valence-corrected chi connectivity index (χ2v) is 8.53. The van der Waals surface area contributed by atoms with Crippen LogP contribution in [0.5, 0.6) is 0 Å². The van der Waals surface area contributed by atoms with Crippen LogP contribution in [-0.2, 0) is 16.6 Å². The summed E-state index contributed by atoms with van der Waals surface area (Å²) in [7, 11) is -0.975. The van der Waals surface area contributed by atoms with E-state index in [0.29, 0.717) is 24.4 Å². The standard InChI is InChI=1S/C16H26N2O3S/c1-12(19)8-9-17-15(20)18-14-7-5-6-13(10-14)11-22(21)16(2,3)4/h5-7,10,12,19H,8-9,11H2,1-4H3,(H2,17,18,20). The molecule has 0 aliphatic rings. The van der Waals surface area contributed by atoms with Crippen molar-refractivity contribution in [3.05, 3.63) is 29.8 Å². The molecule has 0 fully saturated rings. The second-order valence-electron chi connectivity index (χ2n) is 6.32. The second kappa shape index (κ2) is 8.29. The van der Waals surface area contributed by atoms with Gasteiger partial charge in [-0.15, -0.1) is 0 Å². The van der Waals surface area contributed by atoms with Gasteiger partial charge in [0.15, 0.2) is 0 Å². The molecule has 124 valence electrons. The first-order chi connectivity index (χ1) is 10.2. The number of aliphatic hydroxyl groups excluding tert-OH is 1. The Labute approximate surface area is 135 Å². The summed E-state index contributed by atoms with van der Waals surface area (Å²) in [6.07, 6.45) is 0.0777. The van der Waals surface area contributed by atoms with Crippen LogP contribution in [0.15, 0.2) is 24.3 Å². The molecule has 2 unspecified atom stereocenters. The number of benzene rings is 1. The Kier molecular flexibility index (Phi) is 7.03. The minimum Gasteiger partial charge on any atom is -0.393 e. The molecule has 2 amide bonds. The van der Waals surface area contributed by atoms with Crippen LogP contribution in [-0.4, -0.2) is 32.7 Å². The molecule has 6 heteroatoms. The predicted octanol–water partition coefficient (Wildman–Crippen LogP) is 2.63. The Bertz CT molecular complexity index is 524. The molecule has 22 heavy (non-hydrogen) atoms. The number of aliphatic hydroxyl groups is 1. The summed E-state index contributed by atoms with van der Waals surface area (Å²) >= 11 is 0. The Morgan fingerprint density at radius 2 is 2.05 bits per heavy atom. The zero-order valence-corrected chi connectivity index (χ0v) is 14.5. The number of amides is 2. The van der Waals surface area contributed by atoms with E-state index in [9.17, 15) is 9.00 Å². The van der Waals surface area contributed by atoms with E-state index < -0.39 is 16.9 Å². The van der Waals surface area contributed by atoms with Gasteiger partial charge in [-0.05, 0) is 51.8 Å². The largest absolute Gasteiger partial charge is 0.393 e. The maximum absolute atomic E-state index is 12.2. The van der Waals surface area contributed by atoms with Crippen LogP contribution >= 0.6 is 0 Å². The minimum atomic E-state index is -0.975. The number of hydrogen-bond donors (Lipinski definition) is 3. The number of nitrogens with one attached hydrogen (secondary N) is 2. The summed E-state index contributed by atoms with van der Waals surface area (Å²) in [5.74, 6) is 0.461. The van der Waals surface area contributed by atoms with Gasteiger partial charge in [-0.25, -0.2) is 4.79 Å². The highest BCUT2D eigenvalue weighted by Crippen LogP contribution is 2.18. The topological polar surface area (TPSA) is 78.4 Å². The average Bonchev–Trinajstić information content (AvgIpc) is 2.37. The molecule has 1 aromatic carbocycles. The third-order valence-corrected chi connectivity index (χ3v) is 4.97. The van der Waals surface area contributed by atoms with Gasteiger partial charge in [-0.3, -0.25) is 4.21 Å². The number of carbonyl (C=O) groups excluding carboxylic acids is 1. The molecule has 0 aliphatic carbocycles. The molecule has 5 nitrogen and oxygen atoms in total. The van der Waals surface area contributed by atoms with E-state index in [1.807, 2.05) is 39.0 Å². The molecule has 0 radical (unpaired) electrons. The van der Waals surface area contributed by atoms with Crippen molar-refractivity contribution >= 4 is 22.5 Å². The quantitative estimate of drug-likeness (QED) is 0.752. The molecular weight excluding hydrogens is 300 g/mol. The van der Waals surface area contributed by atoms with Crippen LogP contribution in [0, 0.1) is 0 Å². The first kappa shape index (κ1) is 18.6. The van der Waals surface area contributed by atoms with Crippen LogP contribution < -0.4 is 10.6 Å². The van der Waals surface area contributed by atoms with Gasteiger partial charge in [-0.1, -0.05) is 12.1 Å². The SMILES string of the molecule is CC(O)CCNC(=O)Nc1cccc(CS(=O)C(C)(C)C)c1. The summed E-state index contributed by atoms with van der Waals surface area (Å²) < 4.78 is 11.9. The van der Waals surface area contributed by atoms with Crippen LogP contribution in [0.3, 0.4) is 0 Å². The highest BCUT2D eigenvalue weighted by atomic mass is 32.2. The molecule has 0 heterocycles. The monoisotopic (exact) mass is 326 g/mol. The lowest BCUT2D eigenvalue weighted by atomic mass is 10.2. The summed E-state index contributed by atoms with van der Waals surface area (Å²) in [4.78, 5) is 11.7. The van der Waals surface area contributed by atoms with Gasteiger partial charge in [0.25, 0.3) is 0 Å².